The van der Waals surface area contributed by atoms with Crippen molar-refractivity contribution in [2.24, 2.45) is 11.8 Å². The van der Waals surface area contributed by atoms with Gasteiger partial charge in [0, 0.05) is 25.2 Å². The number of ketones is 1. The molecule has 16 nitrogen and oxygen atoms in total. The molecule has 12 atom stereocenters. The van der Waals surface area contributed by atoms with E-state index in [4.69, 9.17) is 18.5 Å². The van der Waals surface area contributed by atoms with Crippen molar-refractivity contribution in [3.05, 3.63) is 12.2 Å². The van der Waals surface area contributed by atoms with Crippen LogP contribution in [0.25, 0.3) is 0 Å². The van der Waals surface area contributed by atoms with Gasteiger partial charge in [-0.2, -0.15) is 0 Å². The second-order valence-corrected chi connectivity index (χ2v) is 19.5. The molecule has 2 rings (SSSR count). The molecule has 1 saturated carbocycles. The second-order valence-electron chi connectivity index (χ2n) is 18.1. The zero-order chi connectivity index (χ0) is 47.3. The zero-order valence-corrected chi connectivity index (χ0v) is 39.7. The van der Waals surface area contributed by atoms with Crippen molar-refractivity contribution in [3.8, 4) is 0 Å². The number of carbonyl (C=O) groups is 3. The Bertz CT molecular complexity index is 1350. The third-order valence-electron chi connectivity index (χ3n) is 12.5. The van der Waals surface area contributed by atoms with Crippen LogP contribution in [-0.2, 0) is 37.5 Å². The fourth-order valence-corrected chi connectivity index (χ4v) is 9.42. The highest BCUT2D eigenvalue weighted by molar-refractivity contribution is 7.47. The van der Waals surface area contributed by atoms with Gasteiger partial charge in [0.2, 0.25) is 0 Å². The molecule has 2 fully saturated rings. The number of ether oxygens (including phenoxy) is 2. The first-order valence-corrected chi connectivity index (χ1v) is 26.1. The molecule has 374 valence electrons. The highest BCUT2D eigenvalue weighted by Crippen LogP contribution is 2.47. The number of rotatable bonds is 24. The minimum absolute atomic E-state index is 0.0333. The first kappa shape index (κ1) is 58.3. The molecule has 1 heterocycles. The molecule has 0 aromatic rings. The summed E-state index contributed by atoms with van der Waals surface area (Å²) in [5.41, 5.74) is 0. The van der Waals surface area contributed by atoms with Crippen LogP contribution in [0.4, 0.5) is 0 Å². The van der Waals surface area contributed by atoms with E-state index in [9.17, 15) is 59.6 Å². The van der Waals surface area contributed by atoms with Gasteiger partial charge in [-0.05, 0) is 25.7 Å². The standard InChI is InChI=1S/C47H85O16P/c1-3-5-7-8-9-10-11-12-13-14-15-16-17-18-23-27-40(51)60-32-35-33-61-64(58,59)63-47-45(56)43(54)37(30-29-34(48)25-21-6-4-2)39(50)31-38(49)36(42(53)44(55)46(47)57)26-22-19-20-24-28-41(52)62-35/h29-30,34-38,42-49,53-57H,3-28,31-33H2,1-2H3,(H,58,59)/b30-29-/t34-,35+,36-,37-,38-,42+,43+,44-,45+,46+,47+/m0/s1. The molecule has 17 heteroatoms. The summed E-state index contributed by atoms with van der Waals surface area (Å²) in [6, 6.07) is 0. The van der Waals surface area contributed by atoms with E-state index < -0.39 is 112 Å². The predicted molar refractivity (Wildman–Crippen MR) is 241 cm³/mol. The van der Waals surface area contributed by atoms with Crippen LogP contribution in [0.1, 0.15) is 187 Å². The normalized spacial score (nSPS) is 31.3. The molecule has 0 radical (unpaired) electrons. The van der Waals surface area contributed by atoms with Crippen LogP contribution >= 0.6 is 7.82 Å². The number of cyclic esters (lactones) is 1. The van der Waals surface area contributed by atoms with E-state index >= 15 is 0 Å². The lowest BCUT2D eigenvalue weighted by molar-refractivity contribution is -0.167. The molecular weight excluding hydrogens is 851 g/mol. The number of carbonyl (C=O) groups excluding carboxylic acids is 3. The average Bonchev–Trinajstić information content (AvgIpc) is 3.26. The number of fused-ring (bicyclic) bond motifs is 4. The van der Waals surface area contributed by atoms with E-state index in [2.05, 4.69) is 6.92 Å². The molecule has 1 unspecified atom stereocenters. The summed E-state index contributed by atoms with van der Waals surface area (Å²) in [4.78, 5) is 50.1. The number of aliphatic hydroxyl groups is 7. The predicted octanol–water partition coefficient (Wildman–Crippen LogP) is 6.43. The van der Waals surface area contributed by atoms with Crippen LogP contribution in [0.3, 0.4) is 0 Å². The molecule has 2 aliphatic rings. The van der Waals surface area contributed by atoms with Gasteiger partial charge in [-0.3, -0.25) is 23.4 Å². The fourth-order valence-electron chi connectivity index (χ4n) is 8.45. The number of Topliss-reactive ketones (excluding diaryl/α,β-unsaturated/α-hetero) is 1. The molecular formula is C47H85O16P. The Morgan fingerprint density at radius 1 is 0.734 bits per heavy atom. The van der Waals surface area contributed by atoms with Gasteiger partial charge < -0.3 is 50.1 Å². The summed E-state index contributed by atoms with van der Waals surface area (Å²) in [5.74, 6) is -4.94. The maximum Gasteiger partial charge on any atom is 0.472 e. The highest BCUT2D eigenvalue weighted by Gasteiger charge is 2.49. The van der Waals surface area contributed by atoms with Gasteiger partial charge in [-0.25, -0.2) is 4.57 Å². The molecule has 0 aromatic carbocycles. The third kappa shape index (κ3) is 23.8. The Hall–Kier alpha value is -1.82. The van der Waals surface area contributed by atoms with E-state index in [0.717, 1.165) is 44.6 Å². The number of unbranched alkanes of at least 4 members (excludes halogenated alkanes) is 16. The topological polar surface area (TPSA) is 267 Å². The Balaban J connectivity index is 2.12. The Kier molecular flexibility index (Phi) is 30.6. The van der Waals surface area contributed by atoms with Crippen LogP contribution in [0.2, 0.25) is 0 Å². The minimum atomic E-state index is -5.44. The van der Waals surface area contributed by atoms with E-state index in [-0.39, 0.29) is 19.3 Å². The Labute approximate surface area is 382 Å². The lowest BCUT2D eigenvalue weighted by atomic mass is 9.82. The Morgan fingerprint density at radius 2 is 1.28 bits per heavy atom. The largest absolute Gasteiger partial charge is 0.472 e. The first-order chi connectivity index (χ1) is 30.6. The number of phosphoric acid groups is 1. The number of aliphatic hydroxyl groups excluding tert-OH is 7. The van der Waals surface area contributed by atoms with Crippen molar-refractivity contribution >= 4 is 25.5 Å². The third-order valence-corrected chi connectivity index (χ3v) is 13.5. The van der Waals surface area contributed by atoms with Gasteiger partial charge >= 0.3 is 19.8 Å². The SMILES string of the molecule is CCCCCCCCCCCCCCCCCC(=O)OC[C@@H]1COP(=O)(O)O[C@H]2[C@H](O)[C@@H](O)[C@H](O)[C@@H](CCCCCCC(=O)O1)[C@@H](O)CC(=O)[C@H](/C=C\[C@@H](O)CCCCC)[C@@H](O)[C@H]2O. The van der Waals surface area contributed by atoms with Crippen molar-refractivity contribution < 1.29 is 78.1 Å². The molecule has 0 aromatic heterocycles. The summed E-state index contributed by atoms with van der Waals surface area (Å²) >= 11 is 0. The van der Waals surface area contributed by atoms with Crippen LogP contribution in [0.5, 0.6) is 0 Å². The highest BCUT2D eigenvalue weighted by atomic mass is 31.2. The quantitative estimate of drug-likeness (QED) is 0.0224. The molecule has 1 saturated heterocycles. The summed E-state index contributed by atoms with van der Waals surface area (Å²) in [6.07, 6.45) is 6.31. The van der Waals surface area contributed by atoms with Gasteiger partial charge in [-0.1, -0.05) is 154 Å². The van der Waals surface area contributed by atoms with E-state index in [1.54, 1.807) is 0 Å². The smallest absolute Gasteiger partial charge is 0.462 e. The van der Waals surface area contributed by atoms with Crippen LogP contribution in [0.15, 0.2) is 12.2 Å². The van der Waals surface area contributed by atoms with Crippen molar-refractivity contribution in [1.29, 1.82) is 0 Å². The molecule has 2 bridgehead atoms. The summed E-state index contributed by atoms with van der Waals surface area (Å²) in [6.45, 7) is 2.84. The summed E-state index contributed by atoms with van der Waals surface area (Å²) < 4.78 is 34.7. The van der Waals surface area contributed by atoms with Gasteiger partial charge in [0.25, 0.3) is 0 Å². The first-order valence-electron chi connectivity index (χ1n) is 24.6. The van der Waals surface area contributed by atoms with Crippen LogP contribution in [0, 0.1) is 11.8 Å². The number of phosphoric ester groups is 1. The fraction of sp³-hybridized carbons (Fsp3) is 0.894. The average molecular weight is 937 g/mol. The monoisotopic (exact) mass is 937 g/mol. The lowest BCUT2D eigenvalue weighted by Crippen LogP contribution is -2.55. The van der Waals surface area contributed by atoms with Crippen molar-refractivity contribution in [3.63, 3.8) is 0 Å². The van der Waals surface area contributed by atoms with Crippen LogP contribution < -0.4 is 0 Å². The number of esters is 2. The van der Waals surface area contributed by atoms with E-state index in [0.29, 0.717) is 44.9 Å². The minimum Gasteiger partial charge on any atom is -0.462 e. The second kappa shape index (κ2) is 33.6. The Morgan fingerprint density at radius 3 is 1.89 bits per heavy atom. The summed E-state index contributed by atoms with van der Waals surface area (Å²) in [5, 5.41) is 78.4. The molecule has 8 N–H and O–H groups in total. The summed E-state index contributed by atoms with van der Waals surface area (Å²) in [7, 11) is -5.44. The maximum absolute atomic E-state index is 13.7. The van der Waals surface area contributed by atoms with Gasteiger partial charge in [-0.15, -0.1) is 0 Å². The molecule has 0 spiro atoms. The van der Waals surface area contributed by atoms with Gasteiger partial charge in [0.15, 0.2) is 6.10 Å². The van der Waals surface area contributed by atoms with Crippen molar-refractivity contribution in [2.75, 3.05) is 13.2 Å². The lowest BCUT2D eigenvalue weighted by Gasteiger charge is -2.37. The molecule has 64 heavy (non-hydrogen) atoms. The maximum atomic E-state index is 13.7. The van der Waals surface area contributed by atoms with Crippen molar-refractivity contribution in [2.45, 2.75) is 242 Å². The zero-order valence-electron chi connectivity index (χ0n) is 38.8. The van der Waals surface area contributed by atoms with Crippen LogP contribution in [-0.4, -0.2) is 127 Å². The van der Waals surface area contributed by atoms with E-state index in [1.165, 1.54) is 70.3 Å². The number of hydrogen-bond acceptors (Lipinski definition) is 15. The molecule has 0 amide bonds. The van der Waals surface area contributed by atoms with Gasteiger partial charge in [0.1, 0.15) is 36.8 Å². The van der Waals surface area contributed by atoms with Crippen molar-refractivity contribution in [1.82, 2.24) is 0 Å². The molecule has 1 aliphatic carbocycles. The number of hydrogen-bond donors (Lipinski definition) is 8. The van der Waals surface area contributed by atoms with E-state index in [1.807, 2.05) is 6.92 Å². The molecule has 1 aliphatic heterocycles. The van der Waals surface area contributed by atoms with Gasteiger partial charge in [0.05, 0.1) is 36.9 Å².